The largest absolute Gasteiger partial charge is 0.352 e. The van der Waals surface area contributed by atoms with E-state index in [4.69, 9.17) is 0 Å². The van der Waals surface area contributed by atoms with Gasteiger partial charge >= 0.3 is 0 Å². The molecule has 0 saturated carbocycles. The molecule has 2 aromatic carbocycles. The van der Waals surface area contributed by atoms with E-state index in [-0.39, 0.29) is 11.7 Å². The number of hydrogen-bond donors (Lipinski definition) is 1. The molecule has 4 nitrogen and oxygen atoms in total. The van der Waals surface area contributed by atoms with E-state index in [1.54, 1.807) is 35.4 Å². The first-order valence-corrected chi connectivity index (χ1v) is 8.43. The van der Waals surface area contributed by atoms with Gasteiger partial charge in [-0.2, -0.15) is 0 Å². The maximum atomic E-state index is 13.8. The monoisotopic (exact) mass is 349 g/mol. The van der Waals surface area contributed by atoms with Crippen molar-refractivity contribution in [3.05, 3.63) is 83.9 Å². The Kier molecular flexibility index (Phi) is 5.27. The van der Waals surface area contributed by atoms with Crippen LogP contribution in [0, 0.1) is 12.7 Å². The maximum absolute atomic E-state index is 13.8. The molecule has 5 heteroatoms. The van der Waals surface area contributed by atoms with E-state index >= 15 is 0 Å². The number of aromatic nitrogens is 1. The van der Waals surface area contributed by atoms with E-state index in [0.29, 0.717) is 23.5 Å². The molecule has 1 amide bonds. The number of halogens is 1. The lowest BCUT2D eigenvalue weighted by atomic mass is 10.1. The number of aryl methyl sites for hydroxylation is 1. The van der Waals surface area contributed by atoms with Crippen LogP contribution in [0.5, 0.6) is 0 Å². The summed E-state index contributed by atoms with van der Waals surface area (Å²) in [7, 11) is 0. The van der Waals surface area contributed by atoms with Crippen molar-refractivity contribution in [1.82, 2.24) is 4.98 Å². The van der Waals surface area contributed by atoms with Gasteiger partial charge in [-0.25, -0.2) is 4.39 Å². The fourth-order valence-corrected chi connectivity index (χ4v) is 2.74. The van der Waals surface area contributed by atoms with Crippen molar-refractivity contribution < 1.29 is 9.18 Å². The van der Waals surface area contributed by atoms with Crippen LogP contribution in [0.3, 0.4) is 0 Å². The molecule has 0 aliphatic heterocycles. The molecule has 3 rings (SSSR count). The highest BCUT2D eigenvalue weighted by atomic mass is 19.1. The molecule has 0 aliphatic carbocycles. The van der Waals surface area contributed by atoms with Crippen LogP contribution in [-0.2, 0) is 0 Å². The number of carbonyl (C=O) groups is 1. The van der Waals surface area contributed by atoms with E-state index in [1.807, 2.05) is 38.1 Å². The van der Waals surface area contributed by atoms with E-state index in [2.05, 4.69) is 10.3 Å². The summed E-state index contributed by atoms with van der Waals surface area (Å²) in [6.07, 6.45) is 3.08. The Bertz CT molecular complexity index is 926. The zero-order valence-electron chi connectivity index (χ0n) is 14.7. The van der Waals surface area contributed by atoms with E-state index in [1.165, 1.54) is 12.3 Å². The maximum Gasteiger partial charge on any atom is 0.259 e. The molecule has 0 fully saturated rings. The zero-order chi connectivity index (χ0) is 18.5. The highest BCUT2D eigenvalue weighted by molar-refractivity contribution is 6.06. The van der Waals surface area contributed by atoms with Crippen LogP contribution < -0.4 is 10.2 Å². The van der Waals surface area contributed by atoms with Gasteiger partial charge in [-0.3, -0.25) is 9.78 Å². The van der Waals surface area contributed by atoms with Gasteiger partial charge in [0.2, 0.25) is 0 Å². The fraction of sp³-hybridized carbons (Fsp3) is 0.143. The van der Waals surface area contributed by atoms with Crippen molar-refractivity contribution in [3.63, 3.8) is 0 Å². The van der Waals surface area contributed by atoms with Gasteiger partial charge in [-0.1, -0.05) is 24.3 Å². The van der Waals surface area contributed by atoms with Gasteiger partial charge in [0.25, 0.3) is 5.91 Å². The van der Waals surface area contributed by atoms with Crippen LogP contribution in [0.15, 0.2) is 67.0 Å². The first-order chi connectivity index (χ1) is 12.6. The minimum absolute atomic E-state index is 0.150. The van der Waals surface area contributed by atoms with Gasteiger partial charge in [0, 0.05) is 18.4 Å². The van der Waals surface area contributed by atoms with Gasteiger partial charge in [0.15, 0.2) is 0 Å². The zero-order valence-corrected chi connectivity index (χ0v) is 14.7. The molecule has 0 aliphatic rings. The lowest BCUT2D eigenvalue weighted by Gasteiger charge is -2.21. The number of hydrogen-bond acceptors (Lipinski definition) is 3. The number of benzene rings is 2. The Hall–Kier alpha value is -3.21. The first-order valence-electron chi connectivity index (χ1n) is 8.43. The van der Waals surface area contributed by atoms with Crippen LogP contribution in [0.25, 0.3) is 0 Å². The first kappa shape index (κ1) is 17.6. The summed E-state index contributed by atoms with van der Waals surface area (Å²) in [5.74, 6) is -0.512. The highest BCUT2D eigenvalue weighted by Crippen LogP contribution is 2.22. The van der Waals surface area contributed by atoms with Gasteiger partial charge in [-0.05, 0) is 49.7 Å². The average molecular weight is 349 g/mol. The predicted octanol–water partition coefficient (Wildman–Crippen LogP) is 4.94. The summed E-state index contributed by atoms with van der Waals surface area (Å²) >= 11 is 0. The molecule has 3 aromatic rings. The number of anilines is 3. The quantitative estimate of drug-likeness (QED) is 0.710. The van der Waals surface area contributed by atoms with Crippen LogP contribution in [-0.4, -0.2) is 17.4 Å². The van der Waals surface area contributed by atoms with Crippen LogP contribution in [0.1, 0.15) is 22.8 Å². The van der Waals surface area contributed by atoms with Gasteiger partial charge in [-0.15, -0.1) is 0 Å². The Morgan fingerprint density at radius 3 is 2.65 bits per heavy atom. The minimum Gasteiger partial charge on any atom is -0.352 e. The topological polar surface area (TPSA) is 45.2 Å². The van der Waals surface area contributed by atoms with Crippen molar-refractivity contribution >= 4 is 23.0 Å². The summed E-state index contributed by atoms with van der Waals surface area (Å²) in [4.78, 5) is 18.8. The number of pyridine rings is 1. The third-order valence-electron chi connectivity index (χ3n) is 4.01. The Balaban J connectivity index is 1.86. The fourth-order valence-electron chi connectivity index (χ4n) is 2.74. The molecular formula is C21H20FN3O. The van der Waals surface area contributed by atoms with Crippen LogP contribution >= 0.6 is 0 Å². The van der Waals surface area contributed by atoms with E-state index in [0.717, 1.165) is 11.3 Å². The molecule has 0 spiro atoms. The van der Waals surface area contributed by atoms with Gasteiger partial charge in [0.05, 0.1) is 23.1 Å². The van der Waals surface area contributed by atoms with Crippen LogP contribution in [0.2, 0.25) is 0 Å². The number of nitrogens with one attached hydrogen (secondary N) is 1. The molecule has 132 valence electrons. The predicted molar refractivity (Wildman–Crippen MR) is 102 cm³/mol. The van der Waals surface area contributed by atoms with Gasteiger partial charge < -0.3 is 10.2 Å². The molecule has 1 heterocycles. The molecule has 0 radical (unpaired) electrons. The molecule has 1 N–H and O–H groups in total. The lowest BCUT2D eigenvalue weighted by Crippen LogP contribution is -2.30. The molecule has 26 heavy (non-hydrogen) atoms. The highest BCUT2D eigenvalue weighted by Gasteiger charge is 2.17. The molecule has 0 atom stereocenters. The summed E-state index contributed by atoms with van der Waals surface area (Å²) in [5.41, 5.74) is 3.26. The smallest absolute Gasteiger partial charge is 0.259 e. The van der Waals surface area contributed by atoms with Crippen LogP contribution in [0.4, 0.5) is 21.5 Å². The van der Waals surface area contributed by atoms with Crippen molar-refractivity contribution in [2.75, 3.05) is 16.8 Å². The number of para-hydroxylation sites is 1. The van der Waals surface area contributed by atoms with Crippen molar-refractivity contribution in [2.45, 2.75) is 13.8 Å². The minimum atomic E-state index is -0.362. The summed E-state index contributed by atoms with van der Waals surface area (Å²) in [6.45, 7) is 4.45. The second kappa shape index (κ2) is 7.78. The van der Waals surface area contributed by atoms with E-state index < -0.39 is 0 Å². The number of carbonyl (C=O) groups excluding carboxylic acids is 1. The normalized spacial score (nSPS) is 10.4. The second-order valence-corrected chi connectivity index (χ2v) is 5.96. The van der Waals surface area contributed by atoms with Crippen molar-refractivity contribution in [3.8, 4) is 0 Å². The van der Waals surface area contributed by atoms with Crippen molar-refractivity contribution in [2.24, 2.45) is 0 Å². The number of nitrogens with zero attached hydrogens (tertiary/aromatic N) is 2. The molecule has 0 unspecified atom stereocenters. The van der Waals surface area contributed by atoms with Gasteiger partial charge in [0.1, 0.15) is 5.82 Å². The number of rotatable bonds is 5. The molecule has 1 aromatic heterocycles. The summed E-state index contributed by atoms with van der Waals surface area (Å²) in [6, 6.07) is 15.8. The lowest BCUT2D eigenvalue weighted by molar-refractivity contribution is 0.0988. The Morgan fingerprint density at radius 2 is 1.92 bits per heavy atom. The molecule has 0 bridgehead atoms. The second-order valence-electron chi connectivity index (χ2n) is 5.96. The third-order valence-corrected chi connectivity index (χ3v) is 4.01. The molecule has 0 saturated heterocycles. The standard InChI is InChI=1S/C21H20FN3O/c1-3-25(18-8-6-7-15(2)11-18)21(26)16-12-17(14-23-13-16)24-20-10-5-4-9-19(20)22/h4-14,24H,3H2,1-2H3. The third kappa shape index (κ3) is 3.88. The summed E-state index contributed by atoms with van der Waals surface area (Å²) < 4.78 is 13.8. The Morgan fingerprint density at radius 1 is 1.12 bits per heavy atom. The average Bonchev–Trinajstić information content (AvgIpc) is 2.64. The summed E-state index contributed by atoms with van der Waals surface area (Å²) in [5, 5.41) is 2.97. The van der Waals surface area contributed by atoms with E-state index in [9.17, 15) is 9.18 Å². The number of amides is 1. The molecular weight excluding hydrogens is 329 g/mol. The van der Waals surface area contributed by atoms with Crippen molar-refractivity contribution in [1.29, 1.82) is 0 Å². The SMILES string of the molecule is CCN(C(=O)c1cncc(Nc2ccccc2F)c1)c1cccc(C)c1. The Labute approximate surface area is 152 Å².